The van der Waals surface area contributed by atoms with Crippen molar-refractivity contribution in [2.45, 2.75) is 6.36 Å². The highest BCUT2D eigenvalue weighted by molar-refractivity contribution is 6.02. The molecule has 0 aromatic heterocycles. The number of carboxylic acids is 1. The smallest absolute Gasteiger partial charge is 0.480 e. The van der Waals surface area contributed by atoms with Crippen molar-refractivity contribution in [2.75, 3.05) is 11.9 Å². The summed E-state index contributed by atoms with van der Waals surface area (Å²) in [6, 6.07) is 11.8. The number of amidine groups is 1. The number of hydrazone groups is 1. The van der Waals surface area contributed by atoms with E-state index in [1.54, 1.807) is 24.3 Å². The van der Waals surface area contributed by atoms with Gasteiger partial charge in [0.15, 0.2) is 12.4 Å². The highest BCUT2D eigenvalue weighted by atomic mass is 19.4. The van der Waals surface area contributed by atoms with Crippen molar-refractivity contribution in [2.24, 2.45) is 16.7 Å². The minimum atomic E-state index is -4.77. The fraction of sp³-hybridized carbons (Fsp3) is 0.125. The van der Waals surface area contributed by atoms with Gasteiger partial charge in [-0.25, -0.2) is 11.0 Å². The van der Waals surface area contributed by atoms with Crippen molar-refractivity contribution < 1.29 is 27.8 Å². The summed E-state index contributed by atoms with van der Waals surface area (Å²) in [4.78, 5) is 10.6. The lowest BCUT2D eigenvalue weighted by Crippen LogP contribution is -2.34. The largest absolute Gasteiger partial charge is 0.573 e. The van der Waals surface area contributed by atoms with Crippen LogP contribution in [0.3, 0.4) is 0 Å². The number of hydrogen-bond donors (Lipinski definition) is 4. The second-order valence-corrected chi connectivity index (χ2v) is 5.22. The number of para-hydroxylation sites is 1. The molecule has 0 aliphatic carbocycles. The van der Waals surface area contributed by atoms with E-state index in [2.05, 4.69) is 15.2 Å². The lowest BCUT2D eigenvalue weighted by molar-refractivity contribution is -0.274. The molecule has 0 radical (unpaired) electrons. The zero-order valence-electron chi connectivity index (χ0n) is 13.8. The third-order valence-electron chi connectivity index (χ3n) is 3.10. The summed E-state index contributed by atoms with van der Waals surface area (Å²) in [7, 11) is 0. The Morgan fingerprint density at radius 2 is 1.81 bits per heavy atom. The van der Waals surface area contributed by atoms with Crippen LogP contribution in [0.5, 0.6) is 5.75 Å². The van der Waals surface area contributed by atoms with Gasteiger partial charge in [0.25, 0.3) is 0 Å². The molecule has 8 nitrogen and oxygen atoms in total. The number of nitrogens with two attached hydrogens (primary N) is 2. The summed E-state index contributed by atoms with van der Waals surface area (Å²) >= 11 is 0. The maximum absolute atomic E-state index is 12.2. The van der Waals surface area contributed by atoms with E-state index in [0.29, 0.717) is 22.1 Å². The average molecular weight is 383 g/mol. The van der Waals surface area contributed by atoms with Crippen LogP contribution in [0.1, 0.15) is 5.56 Å². The van der Waals surface area contributed by atoms with Crippen LogP contribution in [0, 0.1) is 0 Å². The Bertz CT molecular complexity index is 825. The molecule has 0 aliphatic heterocycles. The topological polar surface area (TPSA) is 126 Å². The second-order valence-electron chi connectivity index (χ2n) is 5.22. The number of alkyl halides is 3. The Labute approximate surface area is 151 Å². The molecule has 11 heteroatoms. The standard InChI is InChI=1S/C16H16F3N5O3/c17-16(18,19)27-11-7-5-10(6-8-11)22-13-4-2-1-3-12(13)15(20)23-24(21)9-14(25)26/h1-8,22H,9,21H2,(H2,20,23)(H,25,26). The SMILES string of the molecule is N/C(=N\N(N)CC(=O)O)c1ccccc1Nc1ccc(OC(F)(F)F)cc1. The van der Waals surface area contributed by atoms with Crippen molar-refractivity contribution >= 4 is 23.2 Å². The summed E-state index contributed by atoms with van der Waals surface area (Å²) in [5, 5.41) is 16.1. The van der Waals surface area contributed by atoms with E-state index in [4.69, 9.17) is 16.7 Å². The summed E-state index contributed by atoms with van der Waals surface area (Å²) in [5.41, 5.74) is 7.26. The molecule has 0 aliphatic rings. The molecule has 0 unspecified atom stereocenters. The predicted molar refractivity (Wildman–Crippen MR) is 92.1 cm³/mol. The van der Waals surface area contributed by atoms with Gasteiger partial charge in [-0.05, 0) is 36.4 Å². The third-order valence-corrected chi connectivity index (χ3v) is 3.10. The molecular weight excluding hydrogens is 367 g/mol. The summed E-state index contributed by atoms with van der Waals surface area (Å²) in [6.45, 7) is -0.545. The van der Waals surface area contributed by atoms with Gasteiger partial charge in [0.2, 0.25) is 0 Å². The predicted octanol–water partition coefficient (Wildman–Crippen LogP) is 2.21. The molecule has 0 atom stereocenters. The normalized spacial score (nSPS) is 11.8. The number of nitrogens with zero attached hydrogens (tertiary/aromatic N) is 2. The Hall–Kier alpha value is -3.47. The fourth-order valence-electron chi connectivity index (χ4n) is 2.08. The van der Waals surface area contributed by atoms with Crippen molar-refractivity contribution in [1.82, 2.24) is 5.12 Å². The van der Waals surface area contributed by atoms with E-state index in [1.807, 2.05) is 0 Å². The maximum Gasteiger partial charge on any atom is 0.573 e. The van der Waals surface area contributed by atoms with Gasteiger partial charge in [-0.1, -0.05) is 12.1 Å². The number of hydrazine groups is 1. The molecule has 6 N–H and O–H groups in total. The molecule has 0 saturated carbocycles. The number of benzene rings is 2. The summed E-state index contributed by atoms with van der Waals surface area (Å²) in [5.74, 6) is 3.87. The Morgan fingerprint density at radius 3 is 2.41 bits per heavy atom. The number of anilines is 2. The molecule has 0 heterocycles. The number of aliphatic carboxylic acids is 1. The van der Waals surface area contributed by atoms with Crippen LogP contribution in [0.15, 0.2) is 53.6 Å². The van der Waals surface area contributed by atoms with Crippen LogP contribution in [-0.4, -0.2) is 34.9 Å². The van der Waals surface area contributed by atoms with E-state index < -0.39 is 18.9 Å². The Morgan fingerprint density at radius 1 is 1.19 bits per heavy atom. The first-order chi connectivity index (χ1) is 12.6. The number of halogens is 3. The van der Waals surface area contributed by atoms with E-state index in [-0.39, 0.29) is 11.6 Å². The first-order valence-corrected chi connectivity index (χ1v) is 7.44. The van der Waals surface area contributed by atoms with Gasteiger partial charge in [-0.15, -0.1) is 18.3 Å². The zero-order valence-corrected chi connectivity index (χ0v) is 13.8. The monoisotopic (exact) mass is 383 g/mol. The molecule has 2 rings (SSSR count). The van der Waals surface area contributed by atoms with Crippen molar-refractivity contribution in [3.63, 3.8) is 0 Å². The fourth-order valence-corrected chi connectivity index (χ4v) is 2.08. The first kappa shape index (κ1) is 19.8. The minimum absolute atomic E-state index is 0.0427. The number of carbonyl (C=O) groups is 1. The molecule has 0 bridgehead atoms. The van der Waals surface area contributed by atoms with Crippen LogP contribution in [0.25, 0.3) is 0 Å². The van der Waals surface area contributed by atoms with Gasteiger partial charge in [-0.2, -0.15) is 0 Å². The number of nitrogens with one attached hydrogen (secondary N) is 1. The van der Waals surface area contributed by atoms with E-state index >= 15 is 0 Å². The zero-order chi connectivity index (χ0) is 20.0. The number of ether oxygens (including phenoxy) is 1. The van der Waals surface area contributed by atoms with Crippen LogP contribution in [0.4, 0.5) is 24.5 Å². The van der Waals surface area contributed by atoms with Crippen LogP contribution in [0.2, 0.25) is 0 Å². The van der Waals surface area contributed by atoms with Crippen LogP contribution in [-0.2, 0) is 4.79 Å². The molecule has 0 saturated heterocycles. The van der Waals surface area contributed by atoms with Crippen molar-refractivity contribution in [3.8, 4) is 5.75 Å². The van der Waals surface area contributed by atoms with Gasteiger partial charge < -0.3 is 20.9 Å². The van der Waals surface area contributed by atoms with Crippen molar-refractivity contribution in [1.29, 1.82) is 0 Å². The van der Waals surface area contributed by atoms with Crippen LogP contribution >= 0.6 is 0 Å². The lowest BCUT2D eigenvalue weighted by atomic mass is 10.1. The van der Waals surface area contributed by atoms with E-state index in [0.717, 1.165) is 12.1 Å². The van der Waals surface area contributed by atoms with Gasteiger partial charge in [-0.3, -0.25) is 4.79 Å². The first-order valence-electron chi connectivity index (χ1n) is 7.44. The molecule has 0 amide bonds. The van der Waals surface area contributed by atoms with Crippen molar-refractivity contribution in [3.05, 3.63) is 54.1 Å². The molecule has 27 heavy (non-hydrogen) atoms. The molecule has 0 fully saturated rings. The molecule has 2 aromatic rings. The van der Waals surface area contributed by atoms with E-state index in [9.17, 15) is 18.0 Å². The average Bonchev–Trinajstić information content (AvgIpc) is 2.55. The number of rotatable bonds is 7. The highest BCUT2D eigenvalue weighted by Crippen LogP contribution is 2.26. The second kappa shape index (κ2) is 8.27. The Kier molecular flexibility index (Phi) is 6.08. The minimum Gasteiger partial charge on any atom is -0.480 e. The van der Waals surface area contributed by atoms with Gasteiger partial charge in [0.05, 0.1) is 0 Å². The van der Waals surface area contributed by atoms with Crippen LogP contribution < -0.4 is 21.6 Å². The summed E-state index contributed by atoms with van der Waals surface area (Å²) < 4.78 is 40.4. The lowest BCUT2D eigenvalue weighted by Gasteiger charge is -2.15. The molecular formula is C16H16F3N5O3. The molecule has 0 spiro atoms. The number of hydrogen-bond acceptors (Lipinski definition) is 6. The Balaban J connectivity index is 2.18. The van der Waals surface area contributed by atoms with Gasteiger partial charge in [0, 0.05) is 16.9 Å². The van der Waals surface area contributed by atoms with Gasteiger partial charge >= 0.3 is 12.3 Å². The third kappa shape index (κ3) is 6.40. The molecule has 2 aromatic carbocycles. The van der Waals surface area contributed by atoms with E-state index in [1.165, 1.54) is 12.1 Å². The summed E-state index contributed by atoms with van der Waals surface area (Å²) in [6.07, 6.45) is -4.77. The quantitative estimate of drug-likeness (QED) is 0.250. The number of carboxylic acid groups (broad SMARTS) is 1. The van der Waals surface area contributed by atoms with Gasteiger partial charge in [0.1, 0.15) is 5.75 Å². The maximum atomic E-state index is 12.2. The molecule has 144 valence electrons. The highest BCUT2D eigenvalue weighted by Gasteiger charge is 2.30.